The number of methoxy groups -OCH3 is 1. The summed E-state index contributed by atoms with van der Waals surface area (Å²) in [5, 5.41) is 10.7. The van der Waals surface area contributed by atoms with Crippen LogP contribution in [-0.2, 0) is 9.53 Å². The van der Waals surface area contributed by atoms with Crippen molar-refractivity contribution in [2.24, 2.45) is 23.7 Å². The molecule has 2 aliphatic rings. The molecule has 0 aromatic carbocycles. The number of esters is 1. The first-order valence-electron chi connectivity index (χ1n) is 12.5. The lowest BCUT2D eigenvalue weighted by Crippen LogP contribution is -2.39. The van der Waals surface area contributed by atoms with Crippen LogP contribution in [-0.4, -0.2) is 23.8 Å². The Kier molecular flexibility index (Phi) is 13.3. The lowest BCUT2D eigenvalue weighted by atomic mass is 9.70. The fraction of sp³-hybridized carbons (Fsp3) is 0.815. The quantitative estimate of drug-likeness (QED) is 0.299. The van der Waals surface area contributed by atoms with Crippen LogP contribution in [0.15, 0.2) is 25.3 Å². The maximum atomic E-state index is 11.2. The second-order valence-electron chi connectivity index (χ2n) is 9.62. The number of hydrogen-bond acceptors (Lipinski definition) is 3. The van der Waals surface area contributed by atoms with E-state index in [1.165, 1.54) is 71.3 Å². The smallest absolute Gasteiger partial charge is 0.308 e. The van der Waals surface area contributed by atoms with Crippen LogP contribution in [0.5, 0.6) is 0 Å². The van der Waals surface area contributed by atoms with Crippen LogP contribution >= 0.6 is 0 Å². The average Bonchev–Trinajstić information content (AvgIpc) is 2.75. The van der Waals surface area contributed by atoms with Crippen molar-refractivity contribution in [3.8, 4) is 0 Å². The molecule has 0 aromatic heterocycles. The molecule has 2 aliphatic carbocycles. The van der Waals surface area contributed by atoms with Gasteiger partial charge in [-0.05, 0) is 69.1 Å². The van der Waals surface area contributed by atoms with Crippen molar-refractivity contribution in [3.63, 3.8) is 0 Å². The van der Waals surface area contributed by atoms with E-state index in [0.29, 0.717) is 18.8 Å². The minimum absolute atomic E-state index is 0.00468. The second kappa shape index (κ2) is 14.8. The molecule has 174 valence electrons. The Hall–Kier alpha value is -1.09. The van der Waals surface area contributed by atoms with E-state index in [2.05, 4.69) is 27.0 Å². The molecule has 30 heavy (non-hydrogen) atoms. The van der Waals surface area contributed by atoms with Gasteiger partial charge in [-0.3, -0.25) is 4.79 Å². The summed E-state index contributed by atoms with van der Waals surface area (Å²) >= 11 is 0. The summed E-state index contributed by atoms with van der Waals surface area (Å²) in [6, 6.07) is 0. The normalized spacial score (nSPS) is 26.8. The van der Waals surface area contributed by atoms with Gasteiger partial charge in [0.25, 0.3) is 0 Å². The number of ether oxygens (including phenoxy) is 1. The highest BCUT2D eigenvalue weighted by Crippen LogP contribution is 2.40. The molecule has 0 heterocycles. The monoisotopic (exact) mass is 420 g/mol. The molecule has 0 atom stereocenters. The predicted molar refractivity (Wildman–Crippen MR) is 127 cm³/mol. The third-order valence-corrected chi connectivity index (χ3v) is 7.38. The Morgan fingerprint density at radius 3 is 1.70 bits per heavy atom. The number of carbonyl (C=O) groups is 1. The molecule has 0 aromatic rings. The molecular formula is C27H48O3. The number of rotatable bonds is 10. The number of carbonyl (C=O) groups excluding carboxylic acids is 1. The minimum Gasteiger partial charge on any atom is -0.469 e. The molecule has 0 amide bonds. The summed E-state index contributed by atoms with van der Waals surface area (Å²) in [6.07, 6.45) is 19.8. The molecule has 0 aliphatic heterocycles. The minimum atomic E-state index is -0.583. The van der Waals surface area contributed by atoms with Gasteiger partial charge in [-0.25, -0.2) is 0 Å². The van der Waals surface area contributed by atoms with Gasteiger partial charge in [-0.2, -0.15) is 0 Å². The summed E-state index contributed by atoms with van der Waals surface area (Å²) in [5.74, 6) is 2.39. The Morgan fingerprint density at radius 2 is 1.33 bits per heavy atom. The van der Waals surface area contributed by atoms with Crippen molar-refractivity contribution in [1.29, 1.82) is 0 Å². The maximum absolute atomic E-state index is 11.2. The third-order valence-electron chi connectivity index (χ3n) is 7.38. The first kappa shape index (κ1) is 26.9. The molecule has 2 fully saturated rings. The molecule has 0 bridgehead atoms. The van der Waals surface area contributed by atoms with Crippen LogP contribution < -0.4 is 0 Å². The zero-order chi connectivity index (χ0) is 22.4. The van der Waals surface area contributed by atoms with Crippen LogP contribution in [0.1, 0.15) is 104 Å². The zero-order valence-corrected chi connectivity index (χ0v) is 20.0. The van der Waals surface area contributed by atoms with Crippen molar-refractivity contribution in [2.75, 3.05) is 7.11 Å². The summed E-state index contributed by atoms with van der Waals surface area (Å²) in [4.78, 5) is 11.2. The maximum Gasteiger partial charge on any atom is 0.308 e. The van der Waals surface area contributed by atoms with E-state index >= 15 is 0 Å². The summed E-state index contributed by atoms with van der Waals surface area (Å²) in [6.45, 7) is 12.0. The van der Waals surface area contributed by atoms with Gasteiger partial charge in [-0.15, -0.1) is 13.2 Å². The van der Waals surface area contributed by atoms with E-state index in [-0.39, 0.29) is 11.9 Å². The molecule has 3 nitrogen and oxygen atoms in total. The fourth-order valence-corrected chi connectivity index (χ4v) is 5.58. The van der Waals surface area contributed by atoms with Gasteiger partial charge in [0, 0.05) is 0 Å². The first-order chi connectivity index (χ1) is 14.4. The Balaban J connectivity index is 0.000000311. The third kappa shape index (κ3) is 8.96. The topological polar surface area (TPSA) is 46.5 Å². The van der Waals surface area contributed by atoms with Crippen molar-refractivity contribution < 1.29 is 14.6 Å². The van der Waals surface area contributed by atoms with Crippen LogP contribution in [0.3, 0.4) is 0 Å². The van der Waals surface area contributed by atoms with E-state index in [1.54, 1.807) is 0 Å². The van der Waals surface area contributed by atoms with E-state index in [1.807, 2.05) is 12.2 Å². The van der Waals surface area contributed by atoms with Crippen molar-refractivity contribution >= 4 is 5.97 Å². The Labute approximate surface area is 186 Å². The van der Waals surface area contributed by atoms with Gasteiger partial charge < -0.3 is 9.84 Å². The zero-order valence-electron chi connectivity index (χ0n) is 20.0. The van der Waals surface area contributed by atoms with Crippen LogP contribution in [0.2, 0.25) is 0 Å². The lowest BCUT2D eigenvalue weighted by Gasteiger charge is -2.39. The van der Waals surface area contributed by atoms with Gasteiger partial charge in [0.15, 0.2) is 0 Å². The summed E-state index contributed by atoms with van der Waals surface area (Å²) in [7, 11) is 1.49. The molecule has 0 radical (unpaired) electrons. The SMILES string of the molecule is C=CCC(O)(CC=C)C1CCC(CCC)CC1.CCCC1CCC(C(=O)OC)CC1. The molecule has 1 N–H and O–H groups in total. The Bertz CT molecular complexity index is 472. The van der Waals surface area contributed by atoms with Crippen molar-refractivity contribution in [2.45, 2.75) is 109 Å². The summed E-state index contributed by atoms with van der Waals surface area (Å²) < 4.78 is 4.75. The molecule has 0 saturated heterocycles. The lowest BCUT2D eigenvalue weighted by molar-refractivity contribution is -0.146. The van der Waals surface area contributed by atoms with E-state index < -0.39 is 5.60 Å². The summed E-state index contributed by atoms with van der Waals surface area (Å²) in [5.41, 5.74) is -0.583. The van der Waals surface area contributed by atoms with Crippen molar-refractivity contribution in [1.82, 2.24) is 0 Å². The average molecular weight is 421 g/mol. The van der Waals surface area contributed by atoms with E-state index in [4.69, 9.17) is 4.74 Å². The van der Waals surface area contributed by atoms with Gasteiger partial charge in [-0.1, -0.05) is 64.5 Å². The Morgan fingerprint density at radius 1 is 0.900 bits per heavy atom. The molecule has 2 saturated carbocycles. The van der Waals surface area contributed by atoms with Gasteiger partial charge >= 0.3 is 5.97 Å². The number of hydrogen-bond donors (Lipinski definition) is 1. The highest BCUT2D eigenvalue weighted by atomic mass is 16.5. The van der Waals surface area contributed by atoms with Gasteiger partial charge in [0.05, 0.1) is 18.6 Å². The van der Waals surface area contributed by atoms with E-state index in [9.17, 15) is 9.90 Å². The predicted octanol–water partition coefficient (Wildman–Crippen LogP) is 7.24. The molecule has 0 unspecified atom stereocenters. The van der Waals surface area contributed by atoms with Crippen LogP contribution in [0.25, 0.3) is 0 Å². The van der Waals surface area contributed by atoms with Gasteiger partial charge in [0.1, 0.15) is 0 Å². The van der Waals surface area contributed by atoms with E-state index in [0.717, 1.165) is 24.7 Å². The van der Waals surface area contributed by atoms with Crippen LogP contribution in [0.4, 0.5) is 0 Å². The number of aliphatic hydroxyl groups is 1. The van der Waals surface area contributed by atoms with Crippen LogP contribution in [0, 0.1) is 23.7 Å². The fourth-order valence-electron chi connectivity index (χ4n) is 5.58. The molecule has 3 heteroatoms. The largest absolute Gasteiger partial charge is 0.469 e. The first-order valence-corrected chi connectivity index (χ1v) is 12.5. The molecular weight excluding hydrogens is 372 g/mol. The standard InChI is InChI=1S/C16H28O.C11H20O2/c1-4-7-14-8-10-15(11-9-14)16(17,12-5-2)13-6-3;1-3-4-9-5-7-10(8-6-9)11(12)13-2/h5-6,14-15,17H,2-4,7-13H2,1H3;9-10H,3-8H2,1-2H3. The second-order valence-corrected chi connectivity index (χ2v) is 9.62. The van der Waals surface area contributed by atoms with Crippen molar-refractivity contribution in [3.05, 3.63) is 25.3 Å². The highest BCUT2D eigenvalue weighted by Gasteiger charge is 2.36. The highest BCUT2D eigenvalue weighted by molar-refractivity contribution is 5.72. The molecule has 0 spiro atoms. The molecule has 2 rings (SSSR count). The van der Waals surface area contributed by atoms with Gasteiger partial charge in [0.2, 0.25) is 0 Å².